The molecule has 0 aliphatic carbocycles. The third-order valence-electron chi connectivity index (χ3n) is 5.89. The average molecular weight is 428 g/mol. The largest absolute Gasteiger partial charge is 0.444 e. The highest BCUT2D eigenvalue weighted by Gasteiger charge is 2.44. The van der Waals surface area contributed by atoms with Crippen LogP contribution in [0.15, 0.2) is 29.2 Å². The van der Waals surface area contributed by atoms with Crippen molar-refractivity contribution in [3.8, 4) is 0 Å². The summed E-state index contributed by atoms with van der Waals surface area (Å²) in [5.41, 5.74) is 0.405. The topological polar surface area (TPSA) is 82.1 Å². The Morgan fingerprint density at radius 2 is 1.89 bits per heavy atom. The molecule has 0 saturated carbocycles. The second-order valence-electron chi connectivity index (χ2n) is 8.94. The van der Waals surface area contributed by atoms with Gasteiger partial charge in [0.1, 0.15) is 11.5 Å². The number of nitrogens with zero attached hydrogens (tertiary/aromatic N) is 1. The highest BCUT2D eigenvalue weighted by molar-refractivity contribution is 7.86. The highest BCUT2D eigenvalue weighted by Crippen LogP contribution is 2.39. The van der Waals surface area contributed by atoms with Crippen molar-refractivity contribution in [2.24, 2.45) is 0 Å². The van der Waals surface area contributed by atoms with Gasteiger partial charge in [0, 0.05) is 12.1 Å². The van der Waals surface area contributed by atoms with Crippen LogP contribution in [-0.4, -0.2) is 53.0 Å². The first-order chi connectivity index (χ1) is 12.9. The Labute approximate surface area is 168 Å². The summed E-state index contributed by atoms with van der Waals surface area (Å²) in [6.45, 7) is 11.0. The molecule has 1 aromatic rings. The monoisotopic (exact) mass is 427 g/mol. The fraction of sp³-hybridized carbons (Fsp3) is 0.632. The van der Waals surface area contributed by atoms with Crippen molar-refractivity contribution in [3.63, 3.8) is 0 Å². The Kier molecular flexibility index (Phi) is 5.65. The van der Waals surface area contributed by atoms with Crippen LogP contribution in [0.25, 0.3) is 0 Å². The van der Waals surface area contributed by atoms with Crippen molar-refractivity contribution in [3.05, 3.63) is 29.8 Å². The van der Waals surface area contributed by atoms with E-state index in [4.69, 9.17) is 13.3 Å². The molecule has 0 aromatic heterocycles. The van der Waals surface area contributed by atoms with E-state index in [1.54, 1.807) is 23.1 Å². The predicted molar refractivity (Wildman–Crippen MR) is 107 cm³/mol. The number of benzene rings is 1. The van der Waals surface area contributed by atoms with Crippen LogP contribution in [0.4, 0.5) is 4.79 Å². The summed E-state index contributed by atoms with van der Waals surface area (Å²) in [4.78, 5) is 14.2. The Hall–Kier alpha value is -1.42. The average Bonchev–Trinajstić information content (AvgIpc) is 2.99. The Morgan fingerprint density at radius 1 is 1.21 bits per heavy atom. The lowest BCUT2D eigenvalue weighted by atomic mass is 10.2. The van der Waals surface area contributed by atoms with Gasteiger partial charge in [0.15, 0.2) is 8.32 Å². The van der Waals surface area contributed by atoms with Gasteiger partial charge in [-0.3, -0.25) is 4.18 Å². The lowest BCUT2D eigenvalue weighted by Crippen LogP contribution is -2.45. The van der Waals surface area contributed by atoms with E-state index >= 15 is 0 Å². The van der Waals surface area contributed by atoms with Crippen molar-refractivity contribution in [2.75, 3.05) is 13.2 Å². The third-order valence-corrected chi connectivity index (χ3v) is 11.8. The maximum atomic E-state index is 12.6. The smallest absolute Gasteiger partial charge is 0.410 e. The van der Waals surface area contributed by atoms with Crippen molar-refractivity contribution >= 4 is 24.5 Å². The zero-order valence-corrected chi connectivity index (χ0v) is 18.9. The van der Waals surface area contributed by atoms with Crippen LogP contribution in [0.2, 0.25) is 18.1 Å². The van der Waals surface area contributed by atoms with Gasteiger partial charge in [-0.1, -0.05) is 39.0 Å². The van der Waals surface area contributed by atoms with Gasteiger partial charge in [-0.25, -0.2) is 4.79 Å². The molecule has 7 nitrogen and oxygen atoms in total. The quantitative estimate of drug-likeness (QED) is 0.531. The Bertz CT molecular complexity index is 848. The summed E-state index contributed by atoms with van der Waals surface area (Å²) in [7, 11) is -5.94. The minimum Gasteiger partial charge on any atom is -0.444 e. The molecule has 1 fully saturated rings. The molecule has 3 rings (SSSR count). The third kappa shape index (κ3) is 4.27. The lowest BCUT2D eigenvalue weighted by Gasteiger charge is -2.38. The molecule has 1 amide bonds. The molecule has 0 radical (unpaired) electrons. The number of hydrogen-bond acceptors (Lipinski definition) is 6. The summed E-state index contributed by atoms with van der Waals surface area (Å²) in [5, 5.41) is 0.0425. The molecule has 2 atom stereocenters. The summed E-state index contributed by atoms with van der Waals surface area (Å²) >= 11 is 0. The summed E-state index contributed by atoms with van der Waals surface area (Å²) in [5.74, 6) is 0. The number of cyclic esters (lactones) is 1. The predicted octanol–water partition coefficient (Wildman–Crippen LogP) is 3.51. The molecule has 28 heavy (non-hydrogen) atoms. The summed E-state index contributed by atoms with van der Waals surface area (Å²) < 4.78 is 42.4. The number of fused-ring (bicyclic) bond motifs is 2. The number of carbonyl (C=O) groups is 1. The second-order valence-corrected chi connectivity index (χ2v) is 15.3. The highest BCUT2D eigenvalue weighted by atomic mass is 32.2. The van der Waals surface area contributed by atoms with E-state index in [1.807, 2.05) is 0 Å². The van der Waals surface area contributed by atoms with Gasteiger partial charge in [0.2, 0.25) is 0 Å². The second kappa shape index (κ2) is 7.44. The molecule has 1 saturated heterocycles. The molecule has 0 N–H and O–H groups in total. The van der Waals surface area contributed by atoms with Gasteiger partial charge < -0.3 is 14.1 Å². The summed E-state index contributed by atoms with van der Waals surface area (Å²) in [6.07, 6.45) is -0.101. The first-order valence-electron chi connectivity index (χ1n) is 9.49. The minimum atomic E-state index is -3.92. The maximum absolute atomic E-state index is 12.6. The number of ether oxygens (including phenoxy) is 1. The van der Waals surface area contributed by atoms with Crippen molar-refractivity contribution in [1.29, 1.82) is 0 Å². The van der Waals surface area contributed by atoms with Gasteiger partial charge in [-0.05, 0) is 30.6 Å². The molecule has 0 unspecified atom stereocenters. The minimum absolute atomic E-state index is 0.0425. The first-order valence-corrected chi connectivity index (χ1v) is 13.8. The SMILES string of the molecule is CC(C)(C)[Si](C)(C)O[C@@H]1C[C@H]2COS(=O)(=O)c3ccccc3COC(=O)N2C1. The van der Waals surface area contributed by atoms with E-state index in [9.17, 15) is 13.2 Å². The van der Waals surface area contributed by atoms with Gasteiger partial charge in [0.05, 0.1) is 18.8 Å². The molecule has 0 bridgehead atoms. The van der Waals surface area contributed by atoms with Gasteiger partial charge in [0.25, 0.3) is 10.1 Å². The number of hydrogen-bond donors (Lipinski definition) is 0. The molecule has 0 spiro atoms. The van der Waals surface area contributed by atoms with Crippen LogP contribution in [0.3, 0.4) is 0 Å². The van der Waals surface area contributed by atoms with Crippen LogP contribution >= 0.6 is 0 Å². The van der Waals surface area contributed by atoms with Gasteiger partial charge in [-0.2, -0.15) is 8.42 Å². The normalized spacial score (nSPS) is 25.6. The van der Waals surface area contributed by atoms with Crippen molar-refractivity contribution in [2.45, 2.75) is 69.0 Å². The zero-order chi connectivity index (χ0) is 20.7. The number of carbonyl (C=O) groups excluding carboxylic acids is 1. The number of rotatable bonds is 2. The Morgan fingerprint density at radius 3 is 2.57 bits per heavy atom. The molecule has 156 valence electrons. The van der Waals surface area contributed by atoms with Crippen molar-refractivity contribution < 1.29 is 26.6 Å². The van der Waals surface area contributed by atoms with E-state index in [0.29, 0.717) is 18.5 Å². The maximum Gasteiger partial charge on any atom is 0.410 e. The molecule has 2 aliphatic heterocycles. The zero-order valence-electron chi connectivity index (χ0n) is 17.1. The van der Waals surface area contributed by atoms with E-state index in [1.165, 1.54) is 6.07 Å². The van der Waals surface area contributed by atoms with Crippen molar-refractivity contribution in [1.82, 2.24) is 4.90 Å². The van der Waals surface area contributed by atoms with Crippen LogP contribution in [0.1, 0.15) is 32.8 Å². The van der Waals surface area contributed by atoms with Crippen LogP contribution in [0.5, 0.6) is 0 Å². The van der Waals surface area contributed by atoms with E-state index in [2.05, 4.69) is 33.9 Å². The first kappa shape index (κ1) is 21.3. The van der Waals surface area contributed by atoms with Gasteiger partial charge in [-0.15, -0.1) is 0 Å². The van der Waals surface area contributed by atoms with E-state index in [-0.39, 0.29) is 29.3 Å². The van der Waals surface area contributed by atoms with E-state index in [0.717, 1.165) is 0 Å². The fourth-order valence-corrected chi connectivity index (χ4v) is 5.77. The molecule has 1 aromatic carbocycles. The lowest BCUT2D eigenvalue weighted by molar-refractivity contribution is 0.0780. The van der Waals surface area contributed by atoms with Crippen LogP contribution < -0.4 is 0 Å². The molecule has 9 heteroatoms. The standard InChI is InChI=1S/C19H29NO6SSi/c1-19(2,3)28(4,5)26-16-10-15-13-25-27(22,23)17-9-7-6-8-14(17)12-24-18(21)20(15)11-16/h6-9,15-16H,10-13H2,1-5H3/t15-,16+/m0/s1. The van der Waals surface area contributed by atoms with Crippen LogP contribution in [0, 0.1) is 0 Å². The Balaban J connectivity index is 1.81. The summed E-state index contributed by atoms with van der Waals surface area (Å²) in [6, 6.07) is 6.02. The molecule has 2 aliphatic rings. The molecular formula is C19H29NO6SSi. The number of amides is 1. The van der Waals surface area contributed by atoms with Crippen LogP contribution in [-0.2, 0) is 30.1 Å². The van der Waals surface area contributed by atoms with E-state index < -0.39 is 30.6 Å². The molecular weight excluding hydrogens is 398 g/mol. The molecule has 2 heterocycles. The fourth-order valence-electron chi connectivity index (χ4n) is 3.26. The van der Waals surface area contributed by atoms with Gasteiger partial charge >= 0.3 is 6.09 Å².